The Morgan fingerprint density at radius 2 is 2.26 bits per heavy atom. The third-order valence-corrected chi connectivity index (χ3v) is 4.86. The van der Waals surface area contributed by atoms with Gasteiger partial charge >= 0.3 is 0 Å². The summed E-state index contributed by atoms with van der Waals surface area (Å²) in [6.07, 6.45) is 2.71. The lowest BCUT2D eigenvalue weighted by atomic mass is 10.1. The summed E-state index contributed by atoms with van der Waals surface area (Å²) in [7, 11) is 1.94. The van der Waals surface area contributed by atoms with Crippen LogP contribution in [-0.4, -0.2) is 26.6 Å². The Bertz CT molecular complexity index is 566. The van der Waals surface area contributed by atoms with Gasteiger partial charge in [-0.2, -0.15) is 5.10 Å². The van der Waals surface area contributed by atoms with E-state index < -0.39 is 0 Å². The lowest BCUT2D eigenvalue weighted by molar-refractivity contribution is 0.557. The second kappa shape index (κ2) is 5.35. The summed E-state index contributed by atoms with van der Waals surface area (Å²) in [5, 5.41) is 9.22. The van der Waals surface area contributed by atoms with Crippen molar-refractivity contribution in [2.75, 3.05) is 6.54 Å². The van der Waals surface area contributed by atoms with Gasteiger partial charge in [0.15, 0.2) is 5.16 Å². The van der Waals surface area contributed by atoms with E-state index in [0.717, 1.165) is 18.1 Å². The molecule has 1 aliphatic rings. The van der Waals surface area contributed by atoms with Gasteiger partial charge in [0.2, 0.25) is 0 Å². The van der Waals surface area contributed by atoms with Gasteiger partial charge in [-0.1, -0.05) is 43.0 Å². The number of thioether (sulfide) groups is 1. The van der Waals surface area contributed by atoms with Crippen molar-refractivity contribution in [3.63, 3.8) is 0 Å². The van der Waals surface area contributed by atoms with Crippen molar-refractivity contribution in [2.24, 2.45) is 7.05 Å². The van der Waals surface area contributed by atoms with Crippen molar-refractivity contribution in [3.8, 4) is 0 Å². The lowest BCUT2D eigenvalue weighted by Gasteiger charge is -2.20. The molecule has 1 aliphatic carbocycles. The summed E-state index contributed by atoms with van der Waals surface area (Å²) in [6, 6.07) is 9.12. The Labute approximate surface area is 117 Å². The molecule has 2 aromatic rings. The second-order valence-corrected chi connectivity index (χ2v) is 5.97. The van der Waals surface area contributed by atoms with Gasteiger partial charge in [0.25, 0.3) is 0 Å². The molecule has 1 N–H and O–H groups in total. The molecule has 5 heteroatoms. The van der Waals surface area contributed by atoms with Crippen LogP contribution in [0.2, 0.25) is 0 Å². The predicted octanol–water partition coefficient (Wildman–Crippen LogP) is 2.18. The van der Waals surface area contributed by atoms with Crippen LogP contribution in [0.15, 0.2) is 35.7 Å². The molecule has 2 atom stereocenters. The maximum absolute atomic E-state index is 4.32. The monoisotopic (exact) mass is 274 g/mol. The van der Waals surface area contributed by atoms with E-state index in [1.165, 1.54) is 11.1 Å². The van der Waals surface area contributed by atoms with E-state index in [4.69, 9.17) is 0 Å². The highest BCUT2D eigenvalue weighted by Crippen LogP contribution is 2.40. The first-order chi connectivity index (χ1) is 9.29. The molecule has 0 bridgehead atoms. The maximum Gasteiger partial charge on any atom is 0.186 e. The molecule has 1 aromatic carbocycles. The van der Waals surface area contributed by atoms with E-state index in [2.05, 4.69) is 46.6 Å². The van der Waals surface area contributed by atoms with Gasteiger partial charge in [-0.15, -0.1) is 0 Å². The van der Waals surface area contributed by atoms with Gasteiger partial charge in [0.05, 0.1) is 0 Å². The quantitative estimate of drug-likeness (QED) is 0.928. The van der Waals surface area contributed by atoms with Crippen molar-refractivity contribution < 1.29 is 0 Å². The minimum absolute atomic E-state index is 0.405. The van der Waals surface area contributed by atoms with Crippen molar-refractivity contribution >= 4 is 11.8 Å². The molecule has 100 valence electrons. The lowest BCUT2D eigenvalue weighted by Crippen LogP contribution is -2.27. The first-order valence-electron chi connectivity index (χ1n) is 6.61. The van der Waals surface area contributed by atoms with E-state index in [0.29, 0.717) is 11.3 Å². The zero-order valence-corrected chi connectivity index (χ0v) is 12.0. The number of aromatic nitrogens is 3. The molecule has 4 nitrogen and oxygen atoms in total. The minimum Gasteiger partial charge on any atom is -0.309 e. The average molecular weight is 274 g/mol. The van der Waals surface area contributed by atoms with Gasteiger partial charge in [0.1, 0.15) is 6.33 Å². The number of nitrogens with one attached hydrogen (secondary N) is 1. The molecule has 0 spiro atoms. The fourth-order valence-electron chi connectivity index (χ4n) is 2.66. The fourth-order valence-corrected chi connectivity index (χ4v) is 3.88. The number of fused-ring (bicyclic) bond motifs is 1. The molecule has 2 unspecified atom stereocenters. The topological polar surface area (TPSA) is 42.7 Å². The fraction of sp³-hybridized carbons (Fsp3) is 0.429. The van der Waals surface area contributed by atoms with Gasteiger partial charge in [-0.3, -0.25) is 0 Å². The molecular formula is C14H18N4S. The molecular weight excluding hydrogens is 256 g/mol. The summed E-state index contributed by atoms with van der Waals surface area (Å²) >= 11 is 1.82. The summed E-state index contributed by atoms with van der Waals surface area (Å²) in [6.45, 7) is 3.14. The van der Waals surface area contributed by atoms with Crippen LogP contribution in [-0.2, 0) is 13.5 Å². The van der Waals surface area contributed by atoms with Crippen LogP contribution in [0.5, 0.6) is 0 Å². The van der Waals surface area contributed by atoms with Crippen LogP contribution in [0.4, 0.5) is 0 Å². The van der Waals surface area contributed by atoms with E-state index in [-0.39, 0.29) is 0 Å². The van der Waals surface area contributed by atoms with Crippen LogP contribution in [0.25, 0.3) is 0 Å². The van der Waals surface area contributed by atoms with E-state index in [1.54, 1.807) is 6.33 Å². The van der Waals surface area contributed by atoms with E-state index >= 15 is 0 Å². The number of hydrogen-bond acceptors (Lipinski definition) is 4. The van der Waals surface area contributed by atoms with Gasteiger partial charge in [0, 0.05) is 18.3 Å². The van der Waals surface area contributed by atoms with Gasteiger partial charge < -0.3 is 5.32 Å². The molecule has 1 aromatic heterocycles. The normalized spacial score (nSPS) is 21.6. The summed E-state index contributed by atoms with van der Waals surface area (Å²) < 4.78 is 1.84. The zero-order valence-electron chi connectivity index (χ0n) is 11.2. The van der Waals surface area contributed by atoms with Crippen molar-refractivity contribution in [1.82, 2.24) is 20.1 Å². The third-order valence-electron chi connectivity index (χ3n) is 3.53. The molecule has 19 heavy (non-hydrogen) atoms. The number of aryl methyl sites for hydroxylation is 1. The van der Waals surface area contributed by atoms with Crippen molar-refractivity contribution in [3.05, 3.63) is 41.7 Å². The highest BCUT2D eigenvalue weighted by molar-refractivity contribution is 7.99. The molecule has 0 radical (unpaired) electrons. The molecule has 1 heterocycles. The van der Waals surface area contributed by atoms with Gasteiger partial charge in [-0.05, 0) is 24.1 Å². The Morgan fingerprint density at radius 1 is 1.42 bits per heavy atom. The molecule has 0 saturated carbocycles. The molecule has 0 saturated heterocycles. The van der Waals surface area contributed by atoms with E-state index in [9.17, 15) is 0 Å². The molecule has 0 amide bonds. The number of benzene rings is 1. The van der Waals surface area contributed by atoms with Crippen LogP contribution < -0.4 is 5.32 Å². The zero-order chi connectivity index (χ0) is 13.2. The van der Waals surface area contributed by atoms with Crippen LogP contribution in [0, 0.1) is 0 Å². The standard InChI is InChI=1S/C14H18N4S/c1-3-15-13-11-7-5-4-6-10(11)8-12(13)19-14-16-9-17-18(14)2/h4-7,9,12-13,15H,3,8H2,1-2H3. The van der Waals surface area contributed by atoms with Crippen LogP contribution in [0.3, 0.4) is 0 Å². The van der Waals surface area contributed by atoms with Crippen LogP contribution >= 0.6 is 11.8 Å². The number of rotatable bonds is 4. The SMILES string of the molecule is CCNC1c2ccccc2CC1Sc1ncnn1C. The summed E-state index contributed by atoms with van der Waals surface area (Å²) in [5.41, 5.74) is 2.89. The Hall–Kier alpha value is -1.33. The Morgan fingerprint density at radius 3 is 3.00 bits per heavy atom. The maximum atomic E-state index is 4.32. The number of nitrogens with zero attached hydrogens (tertiary/aromatic N) is 3. The average Bonchev–Trinajstić information content (AvgIpc) is 2.96. The predicted molar refractivity (Wildman–Crippen MR) is 77.2 cm³/mol. The Kier molecular flexibility index (Phi) is 3.57. The van der Waals surface area contributed by atoms with E-state index in [1.807, 2.05) is 23.5 Å². The minimum atomic E-state index is 0.405. The largest absolute Gasteiger partial charge is 0.309 e. The summed E-state index contributed by atoms with van der Waals surface area (Å²) in [4.78, 5) is 4.32. The number of hydrogen-bond donors (Lipinski definition) is 1. The first kappa shape index (κ1) is 12.7. The van der Waals surface area contributed by atoms with Crippen molar-refractivity contribution in [2.45, 2.75) is 29.8 Å². The van der Waals surface area contributed by atoms with Gasteiger partial charge in [-0.25, -0.2) is 9.67 Å². The molecule has 0 aliphatic heterocycles. The smallest absolute Gasteiger partial charge is 0.186 e. The highest BCUT2D eigenvalue weighted by Gasteiger charge is 2.33. The van der Waals surface area contributed by atoms with Crippen LogP contribution in [0.1, 0.15) is 24.1 Å². The first-order valence-corrected chi connectivity index (χ1v) is 7.49. The van der Waals surface area contributed by atoms with Crippen molar-refractivity contribution in [1.29, 1.82) is 0 Å². The highest BCUT2D eigenvalue weighted by atomic mass is 32.2. The molecule has 0 fully saturated rings. The second-order valence-electron chi connectivity index (χ2n) is 4.76. The third kappa shape index (κ3) is 2.40. The summed E-state index contributed by atoms with van der Waals surface area (Å²) in [5.74, 6) is 0. The molecule has 3 rings (SSSR count). The Balaban J connectivity index is 1.85.